The van der Waals surface area contributed by atoms with Gasteiger partial charge in [-0.3, -0.25) is 4.79 Å². The van der Waals surface area contributed by atoms with Gasteiger partial charge in [-0.2, -0.15) is 0 Å². The van der Waals surface area contributed by atoms with Crippen molar-refractivity contribution in [3.05, 3.63) is 84.2 Å². The summed E-state index contributed by atoms with van der Waals surface area (Å²) in [4.78, 5) is 12.1. The normalized spacial score (nSPS) is 10.3. The van der Waals surface area contributed by atoms with E-state index in [1.54, 1.807) is 12.1 Å². The van der Waals surface area contributed by atoms with Crippen LogP contribution in [0.1, 0.15) is 12.5 Å². The predicted octanol–water partition coefficient (Wildman–Crippen LogP) is 5.15. The van der Waals surface area contributed by atoms with Crippen molar-refractivity contribution >= 4 is 23.0 Å². The van der Waals surface area contributed by atoms with E-state index < -0.39 is 0 Å². The van der Waals surface area contributed by atoms with Crippen molar-refractivity contribution in [2.45, 2.75) is 13.3 Å². The molecule has 5 heteroatoms. The maximum atomic E-state index is 13.2. The van der Waals surface area contributed by atoms with E-state index in [4.69, 9.17) is 4.74 Å². The lowest BCUT2D eigenvalue weighted by Crippen LogP contribution is -2.14. The molecular formula is C22H21FN2O2. The second-order valence-electron chi connectivity index (χ2n) is 5.99. The maximum absolute atomic E-state index is 13.2. The van der Waals surface area contributed by atoms with Gasteiger partial charge in [0.2, 0.25) is 5.91 Å². The van der Waals surface area contributed by atoms with Gasteiger partial charge in [0, 0.05) is 11.4 Å². The minimum Gasteiger partial charge on any atom is -0.492 e. The van der Waals surface area contributed by atoms with E-state index in [1.165, 1.54) is 12.1 Å². The minimum atomic E-state index is -0.344. The highest BCUT2D eigenvalue weighted by atomic mass is 19.1. The van der Waals surface area contributed by atoms with E-state index in [-0.39, 0.29) is 18.1 Å². The van der Waals surface area contributed by atoms with E-state index in [0.717, 1.165) is 17.1 Å². The van der Waals surface area contributed by atoms with Crippen molar-refractivity contribution < 1.29 is 13.9 Å². The van der Waals surface area contributed by atoms with Crippen LogP contribution in [0.4, 0.5) is 21.5 Å². The Hall–Kier alpha value is -3.34. The molecule has 0 heterocycles. The van der Waals surface area contributed by atoms with Crippen LogP contribution in [-0.2, 0) is 11.2 Å². The summed E-state index contributed by atoms with van der Waals surface area (Å²) in [5.41, 5.74) is 3.07. The summed E-state index contributed by atoms with van der Waals surface area (Å²) in [6, 6.07) is 21.1. The number of benzene rings is 3. The van der Waals surface area contributed by atoms with Crippen LogP contribution in [0.5, 0.6) is 5.75 Å². The van der Waals surface area contributed by atoms with E-state index in [2.05, 4.69) is 10.6 Å². The van der Waals surface area contributed by atoms with Crippen LogP contribution < -0.4 is 15.4 Å². The number of carbonyl (C=O) groups is 1. The van der Waals surface area contributed by atoms with Crippen molar-refractivity contribution in [1.29, 1.82) is 0 Å². The first-order chi connectivity index (χ1) is 13.1. The van der Waals surface area contributed by atoms with Crippen LogP contribution in [0, 0.1) is 5.82 Å². The average Bonchev–Trinajstić information content (AvgIpc) is 2.65. The van der Waals surface area contributed by atoms with Crippen LogP contribution in [0.25, 0.3) is 0 Å². The summed E-state index contributed by atoms with van der Waals surface area (Å²) in [5, 5.41) is 6.12. The Morgan fingerprint density at radius 3 is 2.44 bits per heavy atom. The van der Waals surface area contributed by atoms with Crippen molar-refractivity contribution in [2.75, 3.05) is 17.2 Å². The molecule has 3 rings (SSSR count). The zero-order valence-corrected chi connectivity index (χ0v) is 15.0. The molecule has 138 valence electrons. The minimum absolute atomic E-state index is 0.124. The first-order valence-electron chi connectivity index (χ1n) is 8.77. The number of halogens is 1. The van der Waals surface area contributed by atoms with Crippen molar-refractivity contribution in [2.24, 2.45) is 0 Å². The third-order valence-electron chi connectivity index (χ3n) is 3.89. The van der Waals surface area contributed by atoms with Gasteiger partial charge in [0.15, 0.2) is 0 Å². The molecule has 0 unspecified atom stereocenters. The lowest BCUT2D eigenvalue weighted by molar-refractivity contribution is -0.115. The molecule has 0 spiro atoms. The SMILES string of the molecule is CCOc1ccccc1Nc1ccc(NC(=O)Cc2cccc(F)c2)cc1. The molecule has 0 saturated carbocycles. The van der Waals surface area contributed by atoms with Crippen LogP contribution in [0.15, 0.2) is 72.8 Å². The van der Waals surface area contributed by atoms with Crippen LogP contribution in [0.3, 0.4) is 0 Å². The van der Waals surface area contributed by atoms with Gasteiger partial charge >= 0.3 is 0 Å². The standard InChI is InChI=1S/C22H21FN2O2/c1-2-27-21-9-4-3-8-20(21)24-18-10-12-19(13-11-18)25-22(26)15-16-6-5-7-17(23)14-16/h3-14,24H,2,15H2,1H3,(H,25,26). The molecule has 3 aromatic carbocycles. The summed E-state index contributed by atoms with van der Waals surface area (Å²) < 4.78 is 18.8. The molecule has 0 saturated heterocycles. The molecule has 3 aromatic rings. The Kier molecular flexibility index (Phi) is 6.05. The summed E-state index contributed by atoms with van der Waals surface area (Å²) >= 11 is 0. The zero-order chi connectivity index (χ0) is 19.1. The fourth-order valence-corrected chi connectivity index (χ4v) is 2.68. The molecule has 0 bridgehead atoms. The first kappa shape index (κ1) is 18.5. The van der Waals surface area contributed by atoms with Crippen LogP contribution in [0.2, 0.25) is 0 Å². The number of hydrogen-bond donors (Lipinski definition) is 2. The number of nitrogens with one attached hydrogen (secondary N) is 2. The van der Waals surface area contributed by atoms with E-state index in [9.17, 15) is 9.18 Å². The van der Waals surface area contributed by atoms with Crippen molar-refractivity contribution in [3.63, 3.8) is 0 Å². The molecule has 0 atom stereocenters. The van der Waals surface area contributed by atoms with Gasteiger partial charge in [-0.25, -0.2) is 4.39 Å². The molecule has 1 amide bonds. The Morgan fingerprint density at radius 1 is 0.963 bits per heavy atom. The second kappa shape index (κ2) is 8.85. The van der Waals surface area contributed by atoms with Gasteiger partial charge < -0.3 is 15.4 Å². The lowest BCUT2D eigenvalue weighted by Gasteiger charge is -2.13. The second-order valence-corrected chi connectivity index (χ2v) is 5.99. The zero-order valence-electron chi connectivity index (χ0n) is 15.0. The molecule has 4 nitrogen and oxygen atoms in total. The fraction of sp³-hybridized carbons (Fsp3) is 0.136. The van der Waals surface area contributed by atoms with Gasteiger partial charge in [-0.1, -0.05) is 24.3 Å². The van der Waals surface area contributed by atoms with Gasteiger partial charge in [-0.05, 0) is 61.0 Å². The molecule has 2 N–H and O–H groups in total. The summed E-state index contributed by atoms with van der Waals surface area (Å²) in [5.74, 6) is 0.249. The van der Waals surface area contributed by atoms with Gasteiger partial charge in [0.05, 0.1) is 18.7 Å². The highest BCUT2D eigenvalue weighted by molar-refractivity contribution is 5.92. The first-order valence-corrected chi connectivity index (χ1v) is 8.77. The molecule has 0 radical (unpaired) electrons. The maximum Gasteiger partial charge on any atom is 0.228 e. The topological polar surface area (TPSA) is 50.4 Å². The summed E-state index contributed by atoms with van der Waals surface area (Å²) in [7, 11) is 0. The number of amides is 1. The summed E-state index contributed by atoms with van der Waals surface area (Å²) in [6.45, 7) is 2.53. The average molecular weight is 364 g/mol. The molecule has 0 aliphatic carbocycles. The molecule has 27 heavy (non-hydrogen) atoms. The Balaban J connectivity index is 1.61. The fourth-order valence-electron chi connectivity index (χ4n) is 2.68. The molecule has 0 aliphatic heterocycles. The highest BCUT2D eigenvalue weighted by Gasteiger charge is 2.06. The molecular weight excluding hydrogens is 343 g/mol. The Labute approximate surface area is 158 Å². The summed E-state index contributed by atoms with van der Waals surface area (Å²) in [6.07, 6.45) is 0.124. The lowest BCUT2D eigenvalue weighted by atomic mass is 10.1. The third kappa shape index (κ3) is 5.31. The highest BCUT2D eigenvalue weighted by Crippen LogP contribution is 2.27. The monoisotopic (exact) mass is 364 g/mol. The van der Waals surface area contributed by atoms with Gasteiger partial charge in [-0.15, -0.1) is 0 Å². The molecule has 0 aromatic heterocycles. The number of anilines is 3. The van der Waals surface area contributed by atoms with Crippen LogP contribution >= 0.6 is 0 Å². The number of carbonyl (C=O) groups excluding carboxylic acids is 1. The van der Waals surface area contributed by atoms with Crippen LogP contribution in [-0.4, -0.2) is 12.5 Å². The van der Waals surface area contributed by atoms with Gasteiger partial charge in [0.1, 0.15) is 11.6 Å². The number of hydrogen-bond acceptors (Lipinski definition) is 3. The number of para-hydroxylation sites is 2. The van der Waals surface area contributed by atoms with Gasteiger partial charge in [0.25, 0.3) is 0 Å². The smallest absolute Gasteiger partial charge is 0.228 e. The van der Waals surface area contributed by atoms with E-state index in [0.29, 0.717) is 17.9 Å². The van der Waals surface area contributed by atoms with Crippen molar-refractivity contribution in [1.82, 2.24) is 0 Å². The van der Waals surface area contributed by atoms with E-state index >= 15 is 0 Å². The largest absolute Gasteiger partial charge is 0.492 e. The molecule has 0 fully saturated rings. The predicted molar refractivity (Wildman–Crippen MR) is 106 cm³/mol. The van der Waals surface area contributed by atoms with Crippen molar-refractivity contribution in [3.8, 4) is 5.75 Å². The Morgan fingerprint density at radius 2 is 1.70 bits per heavy atom. The number of ether oxygens (including phenoxy) is 1. The Bertz CT molecular complexity index is 910. The third-order valence-corrected chi connectivity index (χ3v) is 3.89. The van der Waals surface area contributed by atoms with E-state index in [1.807, 2.05) is 55.5 Å². The molecule has 0 aliphatic rings. The quantitative estimate of drug-likeness (QED) is 0.610. The number of rotatable bonds is 7.